The second kappa shape index (κ2) is 10.6. The quantitative estimate of drug-likeness (QED) is 0.238. The number of nitrogens with two attached hydrogens (primary N) is 1. The Bertz CT molecular complexity index is 1360. The Kier molecular flexibility index (Phi) is 7.33. The summed E-state index contributed by atoms with van der Waals surface area (Å²) in [6.45, 7) is 0. The molecule has 4 rings (SSSR count). The van der Waals surface area contributed by atoms with E-state index in [0.717, 1.165) is 4.73 Å². The van der Waals surface area contributed by atoms with Crippen LogP contribution in [0.4, 0.5) is 16.2 Å². The smallest absolute Gasteiger partial charge is 0.320 e. The molecule has 0 spiro atoms. The number of carbonyl (C=O) groups is 2. The molecule has 3 N–H and O–H groups in total. The molecule has 9 heteroatoms. The lowest BCUT2D eigenvalue weighted by Crippen LogP contribution is -2.44. The van der Waals surface area contributed by atoms with Gasteiger partial charge in [0.25, 0.3) is 5.91 Å². The van der Waals surface area contributed by atoms with Gasteiger partial charge in [-0.15, -0.1) is 0 Å². The van der Waals surface area contributed by atoms with Crippen LogP contribution < -0.4 is 20.7 Å². The highest BCUT2D eigenvalue weighted by Crippen LogP contribution is 2.33. The fraction of sp³-hybridized carbons (Fsp3) is 0.0385. The zero-order chi connectivity index (χ0) is 24.9. The standard InChI is InChI=1S/C26H20BrClN4O3/c27-22-6-2-1-5-21(22)24(32(26(29)34)20-14-10-18(28)11-15-20)25(33)30-19-12-8-17(9-13-19)23-7-3-4-16-31(23)35/h1-16,24H,(H2,29,34)(H,30,33). The molecule has 1 aromatic heterocycles. The summed E-state index contributed by atoms with van der Waals surface area (Å²) in [5.74, 6) is -0.475. The van der Waals surface area contributed by atoms with Gasteiger partial charge in [0, 0.05) is 38.6 Å². The highest BCUT2D eigenvalue weighted by atomic mass is 79.9. The van der Waals surface area contributed by atoms with Crippen molar-refractivity contribution in [2.45, 2.75) is 6.04 Å². The number of rotatable bonds is 6. The first-order chi connectivity index (χ1) is 16.8. The lowest BCUT2D eigenvalue weighted by Gasteiger charge is -2.30. The number of anilines is 2. The van der Waals surface area contributed by atoms with E-state index in [-0.39, 0.29) is 0 Å². The van der Waals surface area contributed by atoms with Gasteiger partial charge in [-0.05, 0) is 66.2 Å². The van der Waals surface area contributed by atoms with Gasteiger partial charge in [-0.3, -0.25) is 9.69 Å². The summed E-state index contributed by atoms with van der Waals surface area (Å²) in [6.07, 6.45) is 1.42. The van der Waals surface area contributed by atoms with Gasteiger partial charge in [-0.1, -0.05) is 45.7 Å². The van der Waals surface area contributed by atoms with Crippen LogP contribution in [0, 0.1) is 5.21 Å². The van der Waals surface area contributed by atoms with Crippen LogP contribution in [0.2, 0.25) is 5.02 Å². The van der Waals surface area contributed by atoms with Crippen LogP contribution in [0.15, 0.2) is 102 Å². The number of amides is 3. The third kappa shape index (κ3) is 5.45. The molecule has 1 heterocycles. The van der Waals surface area contributed by atoms with Gasteiger partial charge in [-0.25, -0.2) is 4.79 Å². The average molecular weight is 552 g/mol. The van der Waals surface area contributed by atoms with Gasteiger partial charge in [0.05, 0.1) is 0 Å². The highest BCUT2D eigenvalue weighted by Gasteiger charge is 2.33. The van der Waals surface area contributed by atoms with Gasteiger partial charge in [-0.2, -0.15) is 4.73 Å². The Balaban J connectivity index is 1.69. The van der Waals surface area contributed by atoms with Crippen LogP contribution in [0.1, 0.15) is 11.6 Å². The molecule has 0 aliphatic rings. The summed E-state index contributed by atoms with van der Waals surface area (Å²) >= 11 is 9.49. The largest absolute Gasteiger partial charge is 0.618 e. The molecule has 35 heavy (non-hydrogen) atoms. The number of benzene rings is 3. The van der Waals surface area contributed by atoms with Crippen molar-refractivity contribution in [3.05, 3.63) is 117 Å². The van der Waals surface area contributed by atoms with E-state index in [1.807, 2.05) is 6.07 Å². The number of nitrogens with zero attached hydrogens (tertiary/aromatic N) is 2. The molecule has 1 atom stereocenters. The molecule has 4 aromatic rings. The van der Waals surface area contributed by atoms with Crippen LogP contribution in [0.3, 0.4) is 0 Å². The molecule has 0 saturated carbocycles. The second-order valence-electron chi connectivity index (χ2n) is 7.59. The topological polar surface area (TPSA) is 102 Å². The van der Waals surface area contributed by atoms with Crippen molar-refractivity contribution < 1.29 is 14.3 Å². The zero-order valence-corrected chi connectivity index (χ0v) is 20.6. The fourth-order valence-electron chi connectivity index (χ4n) is 3.69. The van der Waals surface area contributed by atoms with E-state index >= 15 is 0 Å². The first kappa shape index (κ1) is 24.3. The molecular weight excluding hydrogens is 532 g/mol. The third-order valence-corrected chi connectivity index (χ3v) is 6.30. The fourth-order valence-corrected chi connectivity index (χ4v) is 4.31. The maximum Gasteiger partial charge on any atom is 0.320 e. The lowest BCUT2D eigenvalue weighted by atomic mass is 10.0. The van der Waals surface area contributed by atoms with E-state index in [0.29, 0.717) is 37.7 Å². The van der Waals surface area contributed by atoms with Crippen molar-refractivity contribution in [3.8, 4) is 11.3 Å². The average Bonchev–Trinajstić information content (AvgIpc) is 2.84. The molecule has 3 amide bonds. The van der Waals surface area contributed by atoms with E-state index in [4.69, 9.17) is 17.3 Å². The summed E-state index contributed by atoms with van der Waals surface area (Å²) in [5, 5.41) is 15.4. The zero-order valence-electron chi connectivity index (χ0n) is 18.3. The Labute approximate surface area is 215 Å². The van der Waals surface area contributed by atoms with E-state index in [9.17, 15) is 14.8 Å². The molecule has 0 bridgehead atoms. The Morgan fingerprint density at radius 3 is 2.23 bits per heavy atom. The van der Waals surface area contributed by atoms with Crippen LogP contribution >= 0.6 is 27.5 Å². The van der Waals surface area contributed by atoms with Gasteiger partial charge in [0.15, 0.2) is 6.20 Å². The molecule has 0 aliphatic carbocycles. The summed E-state index contributed by atoms with van der Waals surface area (Å²) in [4.78, 5) is 27.4. The predicted molar refractivity (Wildman–Crippen MR) is 140 cm³/mol. The Morgan fingerprint density at radius 1 is 0.943 bits per heavy atom. The number of pyridine rings is 1. The summed E-state index contributed by atoms with van der Waals surface area (Å²) < 4.78 is 1.41. The van der Waals surface area contributed by atoms with Crippen molar-refractivity contribution in [1.82, 2.24) is 0 Å². The van der Waals surface area contributed by atoms with Gasteiger partial charge >= 0.3 is 6.03 Å². The normalized spacial score (nSPS) is 11.5. The Hall–Kier alpha value is -3.88. The van der Waals surface area contributed by atoms with Gasteiger partial charge in [0.2, 0.25) is 5.69 Å². The molecule has 1 unspecified atom stereocenters. The van der Waals surface area contributed by atoms with Crippen LogP contribution in [0.5, 0.6) is 0 Å². The number of carbonyl (C=O) groups excluding carboxylic acids is 2. The molecule has 0 fully saturated rings. The minimum atomic E-state index is -1.08. The van der Waals surface area contributed by atoms with Crippen molar-refractivity contribution in [2.24, 2.45) is 5.73 Å². The monoisotopic (exact) mass is 550 g/mol. The van der Waals surface area contributed by atoms with Crippen molar-refractivity contribution in [1.29, 1.82) is 0 Å². The summed E-state index contributed by atoms with van der Waals surface area (Å²) in [5.41, 5.74) is 8.38. The molecule has 0 saturated heterocycles. The number of hydrogen-bond acceptors (Lipinski definition) is 3. The third-order valence-electron chi connectivity index (χ3n) is 5.32. The molecule has 0 radical (unpaired) electrons. The molecule has 7 nitrogen and oxygen atoms in total. The first-order valence-electron chi connectivity index (χ1n) is 10.5. The molecule has 0 aliphatic heterocycles. The maximum atomic E-state index is 13.6. The predicted octanol–water partition coefficient (Wildman–Crippen LogP) is 5.67. The maximum absolute atomic E-state index is 13.6. The molecule has 176 valence electrons. The Morgan fingerprint density at radius 2 is 1.60 bits per heavy atom. The van der Waals surface area contributed by atoms with Crippen LogP contribution in [0.25, 0.3) is 11.3 Å². The van der Waals surface area contributed by atoms with Crippen molar-refractivity contribution in [3.63, 3.8) is 0 Å². The van der Waals surface area contributed by atoms with Gasteiger partial charge in [0.1, 0.15) is 6.04 Å². The molecule has 3 aromatic carbocycles. The molecular formula is C26H20BrClN4O3. The van der Waals surface area contributed by atoms with E-state index < -0.39 is 18.0 Å². The minimum Gasteiger partial charge on any atom is -0.618 e. The number of primary amides is 1. The first-order valence-corrected chi connectivity index (χ1v) is 11.7. The highest BCUT2D eigenvalue weighted by molar-refractivity contribution is 9.10. The number of hydrogen-bond donors (Lipinski definition) is 2. The van der Waals surface area contributed by atoms with Crippen LogP contribution in [-0.4, -0.2) is 11.9 Å². The van der Waals surface area contributed by atoms with E-state index in [2.05, 4.69) is 21.2 Å². The minimum absolute atomic E-state index is 0.414. The van der Waals surface area contributed by atoms with Gasteiger partial charge < -0.3 is 16.3 Å². The number of nitrogens with one attached hydrogen (secondary N) is 1. The second-order valence-corrected chi connectivity index (χ2v) is 8.88. The van der Waals surface area contributed by atoms with E-state index in [1.54, 1.807) is 84.9 Å². The van der Waals surface area contributed by atoms with Crippen molar-refractivity contribution >= 4 is 50.8 Å². The van der Waals surface area contributed by atoms with Crippen molar-refractivity contribution in [2.75, 3.05) is 10.2 Å². The summed E-state index contributed by atoms with van der Waals surface area (Å²) in [6, 6.07) is 23.7. The van der Waals surface area contributed by atoms with Crippen LogP contribution in [-0.2, 0) is 4.79 Å². The SMILES string of the molecule is NC(=O)N(c1ccc(Cl)cc1)C(C(=O)Nc1ccc(-c2cccc[n+]2[O-])cc1)c1ccccc1Br. The number of urea groups is 1. The lowest BCUT2D eigenvalue weighted by molar-refractivity contribution is -0.593. The summed E-state index contributed by atoms with van der Waals surface area (Å²) in [7, 11) is 0. The van der Waals surface area contributed by atoms with E-state index in [1.165, 1.54) is 11.1 Å². The number of aromatic nitrogens is 1. The number of halogens is 2.